The van der Waals surface area contributed by atoms with Crippen molar-refractivity contribution in [3.8, 4) is 0 Å². The summed E-state index contributed by atoms with van der Waals surface area (Å²) in [5.41, 5.74) is -0.659. The highest BCUT2D eigenvalue weighted by Gasteiger charge is 2.42. The average Bonchev–Trinajstić information content (AvgIpc) is 3.01. The molecule has 7 heteroatoms. The zero-order valence-electron chi connectivity index (χ0n) is 11.0. The number of hydrogen-bond acceptors (Lipinski definition) is 4. The van der Waals surface area contributed by atoms with Crippen LogP contribution >= 0.6 is 0 Å². The first-order valence-electron chi connectivity index (χ1n) is 6.07. The Bertz CT molecular complexity index is 701. The number of Topliss-reactive ketones (excluding diaryl/α,β-unsaturated/α-hetero) is 1. The van der Waals surface area contributed by atoms with Crippen LogP contribution in [0, 0.1) is 0 Å². The Hall–Kier alpha value is -2.83. The number of para-hydroxylation sites is 1. The number of carbonyl (C=O) groups excluding carboxylic acids is 1. The maximum Gasteiger partial charge on any atom is 0.455 e. The normalized spacial score (nSPS) is 13.2. The topological polar surface area (TPSA) is 62.8 Å². The SMILES string of the molecule is O=C(/C(C=Nc1ccccc1)=C(\O)c1ccco1)C(F)(F)F. The molecule has 0 aliphatic heterocycles. The second-order valence-electron chi connectivity index (χ2n) is 4.16. The summed E-state index contributed by atoms with van der Waals surface area (Å²) in [6, 6.07) is 10.6. The van der Waals surface area contributed by atoms with Gasteiger partial charge in [-0.2, -0.15) is 13.2 Å². The van der Waals surface area contributed by atoms with Gasteiger partial charge in [-0.05, 0) is 24.3 Å². The Balaban J connectivity index is 2.45. The van der Waals surface area contributed by atoms with E-state index in [1.165, 1.54) is 24.3 Å². The number of nitrogens with zero attached hydrogens (tertiary/aromatic N) is 1. The molecule has 0 atom stereocenters. The average molecular weight is 309 g/mol. The van der Waals surface area contributed by atoms with E-state index in [9.17, 15) is 23.1 Å². The lowest BCUT2D eigenvalue weighted by Crippen LogP contribution is -2.26. The highest BCUT2D eigenvalue weighted by atomic mass is 19.4. The number of allylic oxidation sites excluding steroid dienone is 1. The summed E-state index contributed by atoms with van der Waals surface area (Å²) < 4.78 is 42.7. The first-order valence-corrected chi connectivity index (χ1v) is 6.07. The Morgan fingerprint density at radius 2 is 1.82 bits per heavy atom. The molecule has 0 fully saturated rings. The van der Waals surface area contributed by atoms with Gasteiger partial charge in [0.25, 0.3) is 5.78 Å². The summed E-state index contributed by atoms with van der Waals surface area (Å²) in [5.74, 6) is -3.39. The van der Waals surface area contributed by atoms with Gasteiger partial charge >= 0.3 is 6.18 Å². The van der Waals surface area contributed by atoms with Crippen LogP contribution in [-0.4, -0.2) is 23.3 Å². The van der Waals surface area contributed by atoms with Gasteiger partial charge in [0.1, 0.15) is 0 Å². The van der Waals surface area contributed by atoms with Crippen molar-refractivity contribution in [1.82, 2.24) is 0 Å². The summed E-state index contributed by atoms with van der Waals surface area (Å²) in [6.07, 6.45) is -3.31. The summed E-state index contributed by atoms with van der Waals surface area (Å²) in [6.45, 7) is 0. The first-order chi connectivity index (χ1) is 10.4. The number of aliphatic imine (C=N–C) groups is 1. The molecule has 1 N–H and O–H groups in total. The van der Waals surface area contributed by atoms with E-state index in [-0.39, 0.29) is 5.76 Å². The molecule has 0 amide bonds. The van der Waals surface area contributed by atoms with Crippen molar-refractivity contribution >= 4 is 23.4 Å². The minimum absolute atomic E-state index is 0.257. The number of carbonyl (C=O) groups is 1. The molecule has 0 radical (unpaired) electrons. The molecule has 0 unspecified atom stereocenters. The molecule has 0 bridgehead atoms. The number of rotatable bonds is 4. The molecular formula is C15H10F3NO3. The van der Waals surface area contributed by atoms with Crippen molar-refractivity contribution in [3.05, 3.63) is 60.1 Å². The van der Waals surface area contributed by atoms with Gasteiger partial charge in [-0.25, -0.2) is 0 Å². The summed E-state index contributed by atoms with van der Waals surface area (Å²) in [4.78, 5) is 15.2. The van der Waals surface area contributed by atoms with Crippen LogP contribution in [-0.2, 0) is 4.79 Å². The molecule has 1 aromatic heterocycles. The molecule has 22 heavy (non-hydrogen) atoms. The molecule has 1 heterocycles. The van der Waals surface area contributed by atoms with E-state index in [1.54, 1.807) is 18.2 Å². The van der Waals surface area contributed by atoms with Gasteiger partial charge in [0, 0.05) is 6.21 Å². The molecule has 0 saturated heterocycles. The van der Waals surface area contributed by atoms with E-state index in [4.69, 9.17) is 4.42 Å². The highest BCUT2D eigenvalue weighted by Crippen LogP contribution is 2.25. The molecule has 0 aliphatic rings. The smallest absolute Gasteiger partial charge is 0.455 e. The number of benzene rings is 1. The predicted molar refractivity (Wildman–Crippen MR) is 73.9 cm³/mol. The molecule has 1 aromatic carbocycles. The van der Waals surface area contributed by atoms with Gasteiger partial charge in [-0.3, -0.25) is 9.79 Å². The van der Waals surface area contributed by atoms with Gasteiger partial charge < -0.3 is 9.52 Å². The second kappa shape index (κ2) is 6.30. The fraction of sp³-hybridized carbons (Fsp3) is 0.0667. The number of aliphatic hydroxyl groups excluding tert-OH is 1. The zero-order valence-corrected chi connectivity index (χ0v) is 11.0. The second-order valence-corrected chi connectivity index (χ2v) is 4.16. The Morgan fingerprint density at radius 1 is 1.14 bits per heavy atom. The fourth-order valence-corrected chi connectivity index (χ4v) is 1.58. The molecule has 0 saturated carbocycles. The molecule has 2 aromatic rings. The van der Waals surface area contributed by atoms with Crippen LogP contribution in [0.3, 0.4) is 0 Å². The quantitative estimate of drug-likeness (QED) is 0.526. The third-order valence-electron chi connectivity index (χ3n) is 2.61. The van der Waals surface area contributed by atoms with Crippen molar-refractivity contribution < 1.29 is 27.5 Å². The van der Waals surface area contributed by atoms with E-state index in [0.717, 1.165) is 6.26 Å². The Labute approximate surface area is 123 Å². The van der Waals surface area contributed by atoms with Gasteiger partial charge in [-0.1, -0.05) is 18.2 Å². The van der Waals surface area contributed by atoms with Gasteiger partial charge in [0.2, 0.25) is 0 Å². The van der Waals surface area contributed by atoms with Crippen molar-refractivity contribution in [3.63, 3.8) is 0 Å². The number of aliphatic hydroxyl groups is 1. The van der Waals surface area contributed by atoms with E-state index >= 15 is 0 Å². The monoisotopic (exact) mass is 309 g/mol. The van der Waals surface area contributed by atoms with E-state index in [0.29, 0.717) is 11.9 Å². The van der Waals surface area contributed by atoms with Gasteiger partial charge in [0.05, 0.1) is 17.5 Å². The van der Waals surface area contributed by atoms with Crippen LogP contribution in [0.4, 0.5) is 18.9 Å². The summed E-state index contributed by atoms with van der Waals surface area (Å²) in [5, 5.41) is 9.85. The molecule has 114 valence electrons. The van der Waals surface area contributed by atoms with Crippen LogP contribution in [0.2, 0.25) is 0 Å². The Morgan fingerprint density at radius 3 is 2.36 bits per heavy atom. The number of hydrogen-bond donors (Lipinski definition) is 1. The van der Waals surface area contributed by atoms with Gasteiger partial charge in [0.15, 0.2) is 11.5 Å². The maximum atomic E-state index is 12.6. The van der Waals surface area contributed by atoms with Crippen LogP contribution in [0.1, 0.15) is 5.76 Å². The van der Waals surface area contributed by atoms with Crippen molar-refractivity contribution in [2.24, 2.45) is 4.99 Å². The number of ketones is 1. The lowest BCUT2D eigenvalue weighted by Gasteiger charge is -2.07. The molecular weight excluding hydrogens is 299 g/mol. The fourth-order valence-electron chi connectivity index (χ4n) is 1.58. The van der Waals surface area contributed by atoms with Crippen molar-refractivity contribution in [2.75, 3.05) is 0 Å². The molecule has 2 rings (SSSR count). The lowest BCUT2D eigenvalue weighted by atomic mass is 10.1. The van der Waals surface area contributed by atoms with Crippen LogP contribution < -0.4 is 0 Å². The van der Waals surface area contributed by atoms with Crippen molar-refractivity contribution in [2.45, 2.75) is 6.18 Å². The highest BCUT2D eigenvalue weighted by molar-refractivity contribution is 6.20. The standard InChI is InChI=1S/C15H10F3NO3/c16-15(17,18)14(21)11(13(20)12-7-4-8-22-12)9-19-10-5-2-1-3-6-10/h1-9,20H/b13-11-,19-9?. The maximum absolute atomic E-state index is 12.6. The summed E-state index contributed by atoms with van der Waals surface area (Å²) >= 11 is 0. The molecule has 0 spiro atoms. The molecule has 4 nitrogen and oxygen atoms in total. The Kier molecular flexibility index (Phi) is 4.45. The zero-order chi connectivity index (χ0) is 16.2. The summed E-state index contributed by atoms with van der Waals surface area (Å²) in [7, 11) is 0. The van der Waals surface area contributed by atoms with E-state index in [1.807, 2.05) is 0 Å². The van der Waals surface area contributed by atoms with Crippen molar-refractivity contribution in [1.29, 1.82) is 0 Å². The lowest BCUT2D eigenvalue weighted by molar-refractivity contribution is -0.165. The minimum atomic E-state index is -5.14. The van der Waals surface area contributed by atoms with E-state index in [2.05, 4.69) is 4.99 Å². The third kappa shape index (κ3) is 3.63. The van der Waals surface area contributed by atoms with Gasteiger partial charge in [-0.15, -0.1) is 0 Å². The first kappa shape index (κ1) is 15.6. The van der Waals surface area contributed by atoms with E-state index < -0.39 is 23.3 Å². The third-order valence-corrected chi connectivity index (χ3v) is 2.61. The number of furan rings is 1. The van der Waals surface area contributed by atoms with Crippen LogP contribution in [0.5, 0.6) is 0 Å². The number of halogens is 3. The minimum Gasteiger partial charge on any atom is -0.504 e. The predicted octanol–water partition coefficient (Wildman–Crippen LogP) is 4.08. The molecule has 0 aliphatic carbocycles. The van der Waals surface area contributed by atoms with Crippen LogP contribution in [0.25, 0.3) is 5.76 Å². The largest absolute Gasteiger partial charge is 0.504 e. The van der Waals surface area contributed by atoms with Crippen LogP contribution in [0.15, 0.2) is 63.7 Å². The number of alkyl halides is 3.